The Labute approximate surface area is 238 Å². The standard InChI is InChI=1S/C32H44N2O6/c1-5-9-13-33(14-10-6-2)21-17-23(35)27(24(36)18-21)29-31(39)30(32(29)40)28-25(37)19-22(20-26(28)38)34(15-11-7-3)16-12-8-4/h17-20,31-32H,5-16H2,1-4H3,(H2,35,36,37,38)/q-2/p+2. The minimum Gasteiger partial charge on any atom is -0.846 e. The van der Waals surface area contributed by atoms with Gasteiger partial charge in [-0.05, 0) is 0 Å². The second kappa shape index (κ2) is 14.5. The number of allylic oxidation sites excluding steroid dienone is 4. The van der Waals surface area contributed by atoms with Crippen molar-refractivity contribution in [2.45, 2.75) is 91.3 Å². The van der Waals surface area contributed by atoms with Gasteiger partial charge in [-0.3, -0.25) is 0 Å². The predicted octanol–water partition coefficient (Wildman–Crippen LogP) is 3.95. The lowest BCUT2D eigenvalue weighted by Gasteiger charge is -2.54. The molecule has 1 saturated carbocycles. The van der Waals surface area contributed by atoms with Gasteiger partial charge in [0.25, 0.3) is 0 Å². The highest BCUT2D eigenvalue weighted by Gasteiger charge is 2.37. The molecule has 0 spiro atoms. The summed E-state index contributed by atoms with van der Waals surface area (Å²) >= 11 is 0. The number of rotatable bonds is 12. The zero-order chi connectivity index (χ0) is 29.4. The summed E-state index contributed by atoms with van der Waals surface area (Å²) in [6.45, 7) is 11.4. The average Bonchev–Trinajstić information content (AvgIpc) is 2.92. The minimum absolute atomic E-state index is 0.153. The number of aliphatic hydroxyl groups excluding tert-OH is 4. The summed E-state index contributed by atoms with van der Waals surface area (Å²) in [5.74, 6) is -1.30. The fourth-order valence-corrected chi connectivity index (χ4v) is 5.33. The molecule has 3 aliphatic rings. The summed E-state index contributed by atoms with van der Waals surface area (Å²) in [6.07, 6.45) is 10.4. The Bertz CT molecular complexity index is 1040. The summed E-state index contributed by atoms with van der Waals surface area (Å²) in [7, 11) is 0. The van der Waals surface area contributed by atoms with Crippen molar-refractivity contribution in [1.29, 1.82) is 0 Å². The third-order valence-electron chi connectivity index (χ3n) is 7.73. The van der Waals surface area contributed by atoms with Crippen molar-refractivity contribution in [2.75, 3.05) is 26.2 Å². The molecular formula is C32H46N2O6. The molecule has 4 N–H and O–H groups in total. The number of hydrogen-bond acceptors (Lipinski definition) is 6. The molecule has 0 radical (unpaired) electrons. The summed E-state index contributed by atoms with van der Waals surface area (Å²) in [5.41, 5.74) is 0.576. The monoisotopic (exact) mass is 554 g/mol. The molecule has 8 heteroatoms. The first-order valence-electron chi connectivity index (χ1n) is 14.9. The topological polar surface area (TPSA) is 133 Å². The van der Waals surface area contributed by atoms with E-state index in [0.29, 0.717) is 11.4 Å². The first-order chi connectivity index (χ1) is 19.2. The van der Waals surface area contributed by atoms with Crippen LogP contribution in [0, 0.1) is 0 Å². The van der Waals surface area contributed by atoms with Gasteiger partial charge < -0.3 is 30.6 Å². The second-order valence-corrected chi connectivity index (χ2v) is 10.8. The highest BCUT2D eigenvalue weighted by Crippen LogP contribution is 2.42. The van der Waals surface area contributed by atoms with Crippen molar-refractivity contribution in [1.82, 2.24) is 0 Å². The van der Waals surface area contributed by atoms with E-state index in [-0.39, 0.29) is 45.3 Å². The molecule has 0 heterocycles. The third kappa shape index (κ3) is 6.78. The summed E-state index contributed by atoms with van der Waals surface area (Å²) in [5, 5.41) is 70.1. The highest BCUT2D eigenvalue weighted by molar-refractivity contribution is 6.04. The minimum atomic E-state index is -1.71. The van der Waals surface area contributed by atoms with Gasteiger partial charge in [-0.2, -0.15) is 0 Å². The van der Waals surface area contributed by atoms with Crippen LogP contribution in [0.15, 0.2) is 69.6 Å². The molecule has 3 rings (SSSR count). The lowest BCUT2D eigenvalue weighted by atomic mass is 9.71. The second-order valence-electron chi connectivity index (χ2n) is 10.8. The van der Waals surface area contributed by atoms with E-state index in [9.17, 15) is 30.6 Å². The van der Waals surface area contributed by atoms with Crippen LogP contribution in [-0.2, 0) is 0 Å². The van der Waals surface area contributed by atoms with Crippen LogP contribution in [0.4, 0.5) is 0 Å². The molecule has 0 aromatic rings. The largest absolute Gasteiger partial charge is 0.846 e. The maximum Gasteiger partial charge on any atom is 0.207 e. The Morgan fingerprint density at radius 1 is 0.525 bits per heavy atom. The first-order valence-corrected chi connectivity index (χ1v) is 14.9. The molecule has 0 aliphatic heterocycles. The van der Waals surface area contributed by atoms with E-state index in [2.05, 4.69) is 36.8 Å². The Kier molecular flexibility index (Phi) is 11.4. The fourth-order valence-electron chi connectivity index (χ4n) is 5.33. The molecule has 0 aromatic heterocycles. The van der Waals surface area contributed by atoms with Crippen molar-refractivity contribution in [3.63, 3.8) is 0 Å². The lowest BCUT2D eigenvalue weighted by molar-refractivity contribution is -0.527. The average molecular weight is 555 g/mol. The zero-order valence-electron chi connectivity index (χ0n) is 24.4. The highest BCUT2D eigenvalue weighted by atomic mass is 16.3. The van der Waals surface area contributed by atoms with E-state index in [1.54, 1.807) is 0 Å². The predicted molar refractivity (Wildman–Crippen MR) is 154 cm³/mol. The normalized spacial score (nSPS) is 21.1. The third-order valence-corrected chi connectivity index (χ3v) is 7.73. The van der Waals surface area contributed by atoms with Gasteiger partial charge in [0.2, 0.25) is 11.4 Å². The van der Waals surface area contributed by atoms with Crippen LogP contribution in [0.25, 0.3) is 0 Å². The Balaban J connectivity index is 1.98. The Morgan fingerprint density at radius 3 is 1.00 bits per heavy atom. The Morgan fingerprint density at radius 2 is 0.775 bits per heavy atom. The van der Waals surface area contributed by atoms with E-state index in [0.717, 1.165) is 77.5 Å². The van der Waals surface area contributed by atoms with Crippen molar-refractivity contribution >= 4 is 11.4 Å². The van der Waals surface area contributed by atoms with Crippen LogP contribution in [0.3, 0.4) is 0 Å². The molecule has 0 unspecified atom stereocenters. The van der Waals surface area contributed by atoms with Crippen LogP contribution >= 0.6 is 0 Å². The first kappa shape index (κ1) is 31.4. The van der Waals surface area contributed by atoms with Gasteiger partial charge in [-0.1, -0.05) is 76.7 Å². The van der Waals surface area contributed by atoms with Crippen molar-refractivity contribution in [2.24, 2.45) is 0 Å². The quantitative estimate of drug-likeness (QED) is 0.270. The van der Waals surface area contributed by atoms with Crippen LogP contribution in [0.5, 0.6) is 0 Å². The molecule has 0 amide bonds. The molecule has 8 nitrogen and oxygen atoms in total. The van der Waals surface area contributed by atoms with E-state index >= 15 is 0 Å². The molecule has 1 fully saturated rings. The van der Waals surface area contributed by atoms with Gasteiger partial charge in [-0.15, -0.1) is 0 Å². The van der Waals surface area contributed by atoms with Gasteiger partial charge in [0, 0.05) is 25.7 Å². The Hall–Kier alpha value is -3.10. The van der Waals surface area contributed by atoms with Crippen LogP contribution in [-0.4, -0.2) is 79.4 Å². The molecule has 3 aliphatic carbocycles. The molecule has 40 heavy (non-hydrogen) atoms. The van der Waals surface area contributed by atoms with E-state index in [4.69, 9.17) is 0 Å². The van der Waals surface area contributed by atoms with E-state index in [1.807, 2.05) is 0 Å². The molecule has 0 aromatic carbocycles. The van der Waals surface area contributed by atoms with Gasteiger partial charge in [-0.25, -0.2) is 9.15 Å². The number of aliphatic hydroxyl groups is 4. The van der Waals surface area contributed by atoms with Crippen LogP contribution in [0.2, 0.25) is 0 Å². The van der Waals surface area contributed by atoms with Crippen molar-refractivity contribution < 1.29 is 39.8 Å². The van der Waals surface area contributed by atoms with Gasteiger partial charge in [0.1, 0.15) is 49.2 Å². The maximum atomic E-state index is 13.3. The summed E-state index contributed by atoms with van der Waals surface area (Å²) in [6, 6.07) is 0. The molecule has 0 saturated heterocycles. The van der Waals surface area contributed by atoms with Crippen molar-refractivity contribution in [3.05, 3.63) is 69.6 Å². The molecule has 220 valence electrons. The van der Waals surface area contributed by atoms with E-state index < -0.39 is 12.2 Å². The SMILES string of the molecule is CCCC[N+](CCCC)=C1C=C(O)C(=C2C([O-])C(=C3C(O)=CC(=[N+](CCCC)CCCC)C=C3O)C2[O-])C(O)=C1. The number of hydrogen-bond donors (Lipinski definition) is 4. The smallest absolute Gasteiger partial charge is 0.207 e. The maximum absolute atomic E-state index is 13.3. The molecule has 0 bridgehead atoms. The summed E-state index contributed by atoms with van der Waals surface area (Å²) < 4.78 is 4.18. The number of nitrogens with zero attached hydrogens (tertiary/aromatic N) is 2. The fraction of sp³-hybridized carbons (Fsp3) is 0.562. The summed E-state index contributed by atoms with van der Waals surface area (Å²) in [4.78, 5) is 0. The van der Waals surface area contributed by atoms with Gasteiger partial charge in [0.05, 0.1) is 35.5 Å². The van der Waals surface area contributed by atoms with E-state index in [1.165, 1.54) is 24.3 Å². The molecular weight excluding hydrogens is 508 g/mol. The van der Waals surface area contributed by atoms with Crippen LogP contribution in [0.1, 0.15) is 79.1 Å². The number of unbranched alkanes of at least 4 members (excludes halogenated alkanes) is 4. The van der Waals surface area contributed by atoms with Gasteiger partial charge in [0.15, 0.2) is 0 Å². The zero-order valence-corrected chi connectivity index (χ0v) is 24.4. The lowest BCUT2D eigenvalue weighted by Crippen LogP contribution is -2.57. The van der Waals surface area contributed by atoms with Gasteiger partial charge >= 0.3 is 0 Å². The molecule has 0 atom stereocenters. The van der Waals surface area contributed by atoms with Crippen LogP contribution < -0.4 is 10.2 Å². The van der Waals surface area contributed by atoms with Crippen molar-refractivity contribution in [3.8, 4) is 0 Å².